The van der Waals surface area contributed by atoms with Gasteiger partial charge in [-0.3, -0.25) is 37.3 Å². The maximum absolute atomic E-state index is 13.1. The molecule has 0 aromatic heterocycles. The number of allylic oxidation sites excluding steroid dienone is 20. The predicted octanol–water partition coefficient (Wildman–Crippen LogP) is 22.3. The first-order valence-electron chi connectivity index (χ1n) is 38.8. The Kier molecular flexibility index (Phi) is 69.5. The molecule has 0 aliphatic heterocycles. The fourth-order valence-corrected chi connectivity index (χ4v) is 11.6. The van der Waals surface area contributed by atoms with E-state index in [4.69, 9.17) is 37.0 Å². The molecule has 0 aliphatic carbocycles. The largest absolute Gasteiger partial charge is 0.472 e. The van der Waals surface area contributed by atoms with Crippen LogP contribution in [-0.4, -0.2) is 96.7 Å². The molecule has 3 N–H and O–H groups in total. The van der Waals surface area contributed by atoms with E-state index in [0.717, 1.165) is 148 Å². The molecule has 0 saturated heterocycles. The van der Waals surface area contributed by atoms with Gasteiger partial charge in [-0.15, -0.1) is 0 Å². The Morgan fingerprint density at radius 3 is 0.860 bits per heavy atom. The van der Waals surface area contributed by atoms with Gasteiger partial charge in [0.25, 0.3) is 0 Å². The SMILES string of the molecule is CC/C=C\C/C=C\C/C=C\C/C=C\C/C=C\CCCC(=O)OCC(COP(=O)(O)OCC(O)COP(=O)(O)OCC(COC(=O)CCCCCCC/C=C\CCCCCC)OC(=O)CCCCCCCCCCCCCCC)OC(=O)CCCCCC/C=C\C/C=C\C/C=C\C/C=C\CC. The zero-order valence-corrected chi connectivity index (χ0v) is 64.4. The van der Waals surface area contributed by atoms with Crippen molar-refractivity contribution in [3.63, 3.8) is 0 Å². The molecular weight excluding hydrogens is 1310 g/mol. The van der Waals surface area contributed by atoms with Crippen LogP contribution in [0.3, 0.4) is 0 Å². The molecule has 0 aliphatic rings. The molecule has 0 aromatic rings. The first-order valence-corrected chi connectivity index (χ1v) is 41.8. The van der Waals surface area contributed by atoms with Crippen LogP contribution < -0.4 is 0 Å². The zero-order valence-electron chi connectivity index (χ0n) is 62.6. The van der Waals surface area contributed by atoms with E-state index in [9.17, 15) is 43.2 Å². The van der Waals surface area contributed by atoms with E-state index in [1.807, 2.05) is 12.2 Å². The van der Waals surface area contributed by atoms with Crippen LogP contribution in [0.25, 0.3) is 0 Å². The minimum atomic E-state index is -5.00. The normalized spacial score (nSPS) is 14.6. The van der Waals surface area contributed by atoms with Crippen molar-refractivity contribution in [2.75, 3.05) is 39.6 Å². The van der Waals surface area contributed by atoms with E-state index in [0.29, 0.717) is 32.1 Å². The minimum absolute atomic E-state index is 0.0522. The van der Waals surface area contributed by atoms with E-state index < -0.39 is 97.5 Å². The van der Waals surface area contributed by atoms with Crippen molar-refractivity contribution in [3.8, 4) is 0 Å². The van der Waals surface area contributed by atoms with Gasteiger partial charge in [0.05, 0.1) is 26.4 Å². The highest BCUT2D eigenvalue weighted by Gasteiger charge is 2.30. The molecule has 0 bridgehead atoms. The van der Waals surface area contributed by atoms with E-state index in [1.54, 1.807) is 0 Å². The third kappa shape index (κ3) is 71.8. The molecule has 0 fully saturated rings. The number of ether oxygens (including phenoxy) is 4. The molecule has 0 spiro atoms. The fourth-order valence-electron chi connectivity index (χ4n) is 10.1. The molecule has 100 heavy (non-hydrogen) atoms. The molecule has 0 amide bonds. The van der Waals surface area contributed by atoms with Crippen molar-refractivity contribution in [2.24, 2.45) is 0 Å². The first-order chi connectivity index (χ1) is 48.7. The summed E-state index contributed by atoms with van der Waals surface area (Å²) >= 11 is 0. The third-order valence-corrected chi connectivity index (χ3v) is 17.8. The average Bonchev–Trinajstić information content (AvgIpc) is 1.15. The van der Waals surface area contributed by atoms with Crippen LogP contribution >= 0.6 is 15.6 Å². The lowest BCUT2D eigenvalue weighted by molar-refractivity contribution is -0.161. The van der Waals surface area contributed by atoms with Crippen LogP contribution in [0.4, 0.5) is 0 Å². The van der Waals surface area contributed by atoms with Crippen LogP contribution in [-0.2, 0) is 65.4 Å². The molecule has 5 unspecified atom stereocenters. The van der Waals surface area contributed by atoms with Gasteiger partial charge in [-0.1, -0.05) is 278 Å². The van der Waals surface area contributed by atoms with E-state index >= 15 is 0 Å². The van der Waals surface area contributed by atoms with E-state index in [1.165, 1.54) is 77.0 Å². The lowest BCUT2D eigenvalue weighted by Crippen LogP contribution is -2.30. The summed E-state index contributed by atoms with van der Waals surface area (Å²) in [5.41, 5.74) is 0. The lowest BCUT2D eigenvalue weighted by atomic mass is 10.0. The van der Waals surface area contributed by atoms with Gasteiger partial charge in [-0.25, -0.2) is 9.13 Å². The summed E-state index contributed by atoms with van der Waals surface area (Å²) in [6.45, 7) is 4.54. The highest BCUT2D eigenvalue weighted by molar-refractivity contribution is 7.47. The Bertz CT molecular complexity index is 2370. The number of aliphatic hydroxyl groups is 1. The summed E-state index contributed by atoms with van der Waals surface area (Å²) in [7, 11) is -9.98. The summed E-state index contributed by atoms with van der Waals surface area (Å²) in [5, 5.41) is 10.6. The number of carbonyl (C=O) groups is 4. The van der Waals surface area contributed by atoms with Gasteiger partial charge in [-0.05, 0) is 128 Å². The lowest BCUT2D eigenvalue weighted by Gasteiger charge is -2.21. The standard InChI is InChI=1S/C81H138O17P2/c1-5-9-13-17-21-25-29-33-35-37-39-43-46-50-54-58-62-66-79(84)92-72-77(98-81(86)68-64-60-56-52-48-44-40-38-36-34-30-26-22-18-14-10-6-2)74-96-100(89,90)94-70-75(82)69-93-99(87,88)95-73-76(97-80(85)67-63-59-55-51-47-42-32-28-24-20-16-12-8-4)71-91-78(83)65-61-57-53-49-45-41-31-27-23-19-15-11-7-3/h9-10,13-14,21-22,25-27,31,33-36,39-40,43-44,50,54,75-77,82H,5-8,11-12,15-20,23-24,28-30,32,37-38,41-42,45-49,51-53,55-74H2,1-4H3,(H,87,88)(H,89,90)/b13-9-,14-10-,25-21-,26-22-,31-27-,35-33-,36-34-,43-39-,44-40-,54-50-. The number of hydrogen-bond acceptors (Lipinski definition) is 15. The molecule has 0 heterocycles. The second-order valence-corrected chi connectivity index (χ2v) is 28.4. The average molecular weight is 1450 g/mol. The summed E-state index contributed by atoms with van der Waals surface area (Å²) < 4.78 is 68.4. The molecule has 0 radical (unpaired) electrons. The quantitative estimate of drug-likeness (QED) is 0.0169. The van der Waals surface area contributed by atoms with Crippen molar-refractivity contribution in [3.05, 3.63) is 122 Å². The number of phosphoric ester groups is 2. The Hall–Kier alpha value is -4.54. The second kappa shape index (κ2) is 72.8. The van der Waals surface area contributed by atoms with Gasteiger partial charge in [-0.2, -0.15) is 0 Å². The Morgan fingerprint density at radius 1 is 0.290 bits per heavy atom. The maximum atomic E-state index is 13.1. The molecule has 0 saturated carbocycles. The zero-order chi connectivity index (χ0) is 73.2. The fraction of sp³-hybridized carbons (Fsp3) is 0.704. The van der Waals surface area contributed by atoms with Crippen LogP contribution in [0, 0.1) is 0 Å². The van der Waals surface area contributed by atoms with Gasteiger partial charge in [0, 0.05) is 25.7 Å². The van der Waals surface area contributed by atoms with Gasteiger partial charge in [0.1, 0.15) is 19.3 Å². The third-order valence-electron chi connectivity index (χ3n) is 15.9. The van der Waals surface area contributed by atoms with Crippen molar-refractivity contribution in [1.82, 2.24) is 0 Å². The maximum Gasteiger partial charge on any atom is 0.472 e. The highest BCUT2D eigenvalue weighted by Crippen LogP contribution is 2.45. The number of esters is 4. The highest BCUT2D eigenvalue weighted by atomic mass is 31.2. The van der Waals surface area contributed by atoms with Crippen molar-refractivity contribution in [2.45, 2.75) is 329 Å². The van der Waals surface area contributed by atoms with Crippen LogP contribution in [0.5, 0.6) is 0 Å². The smallest absolute Gasteiger partial charge is 0.462 e. The molecule has 0 aromatic carbocycles. The van der Waals surface area contributed by atoms with Gasteiger partial charge in [0.2, 0.25) is 0 Å². The molecule has 0 rings (SSSR count). The Morgan fingerprint density at radius 2 is 0.530 bits per heavy atom. The van der Waals surface area contributed by atoms with Gasteiger partial charge in [0.15, 0.2) is 12.2 Å². The van der Waals surface area contributed by atoms with Gasteiger partial charge < -0.3 is 33.8 Å². The monoisotopic (exact) mass is 1440 g/mol. The molecule has 5 atom stereocenters. The Balaban J connectivity index is 5.43. The number of aliphatic hydroxyl groups excluding tert-OH is 1. The first kappa shape index (κ1) is 95.5. The second-order valence-electron chi connectivity index (χ2n) is 25.5. The number of hydrogen-bond donors (Lipinski definition) is 3. The molecule has 19 heteroatoms. The predicted molar refractivity (Wildman–Crippen MR) is 408 cm³/mol. The topological polar surface area (TPSA) is 237 Å². The molecule has 17 nitrogen and oxygen atoms in total. The van der Waals surface area contributed by atoms with Crippen molar-refractivity contribution >= 4 is 39.5 Å². The van der Waals surface area contributed by atoms with Crippen LogP contribution in [0.1, 0.15) is 310 Å². The van der Waals surface area contributed by atoms with E-state index in [2.05, 4.69) is 137 Å². The van der Waals surface area contributed by atoms with E-state index in [-0.39, 0.29) is 25.7 Å². The van der Waals surface area contributed by atoms with Crippen LogP contribution in [0.15, 0.2) is 122 Å². The number of unbranched alkanes of at least 4 members (excludes halogenated alkanes) is 26. The minimum Gasteiger partial charge on any atom is -0.462 e. The van der Waals surface area contributed by atoms with Crippen molar-refractivity contribution in [1.29, 1.82) is 0 Å². The molecule has 574 valence electrons. The summed E-state index contributed by atoms with van der Waals surface area (Å²) in [6, 6.07) is 0. The number of rotatable bonds is 72. The van der Waals surface area contributed by atoms with Crippen molar-refractivity contribution < 1.29 is 80.2 Å². The summed E-state index contributed by atoms with van der Waals surface area (Å²) in [4.78, 5) is 72.9. The summed E-state index contributed by atoms with van der Waals surface area (Å²) in [6.07, 6.45) is 79.0. The number of carbonyl (C=O) groups excluding carboxylic acids is 4. The van der Waals surface area contributed by atoms with Crippen LogP contribution in [0.2, 0.25) is 0 Å². The number of phosphoric acid groups is 2. The summed E-state index contributed by atoms with van der Waals surface area (Å²) in [5.74, 6) is -2.27. The molecular formula is C81H138O17P2. The van der Waals surface area contributed by atoms with Gasteiger partial charge >= 0.3 is 39.5 Å². The Labute approximate surface area is 606 Å².